The van der Waals surface area contributed by atoms with Crippen molar-refractivity contribution in [1.82, 2.24) is 10.2 Å². The van der Waals surface area contributed by atoms with Crippen LogP contribution in [0.5, 0.6) is 0 Å². The molecule has 1 rings (SSSR count). The topological polar surface area (TPSA) is 28.4 Å². The molecule has 1 aromatic heterocycles. The molecule has 0 atom stereocenters. The third-order valence-corrected chi connectivity index (χ3v) is 3.29. The monoisotopic (exact) mass is 266 g/mol. The maximum atomic E-state index is 5.62. The third-order valence-electron chi connectivity index (χ3n) is 3.29. The van der Waals surface area contributed by atoms with Gasteiger partial charge in [0.05, 0.1) is 12.8 Å². The molecule has 0 aliphatic carbocycles. The molecule has 110 valence electrons. The highest BCUT2D eigenvalue weighted by atomic mass is 16.3. The maximum absolute atomic E-state index is 5.62. The van der Waals surface area contributed by atoms with Gasteiger partial charge < -0.3 is 9.73 Å². The largest absolute Gasteiger partial charge is 0.468 e. The van der Waals surface area contributed by atoms with Gasteiger partial charge in [0.15, 0.2) is 0 Å². The van der Waals surface area contributed by atoms with Crippen LogP contribution in [-0.4, -0.2) is 23.5 Å². The van der Waals surface area contributed by atoms with Crippen molar-refractivity contribution in [3.63, 3.8) is 0 Å². The lowest BCUT2D eigenvalue weighted by molar-refractivity contribution is 0.271. The van der Waals surface area contributed by atoms with E-state index in [4.69, 9.17) is 4.42 Å². The Morgan fingerprint density at radius 1 is 1.26 bits per heavy atom. The van der Waals surface area contributed by atoms with E-state index in [2.05, 4.69) is 50.9 Å². The lowest BCUT2D eigenvalue weighted by Gasteiger charge is -2.22. The molecular weight excluding hydrogens is 236 g/mol. The Balaban J connectivity index is 2.56. The zero-order valence-electron chi connectivity index (χ0n) is 13.3. The van der Waals surface area contributed by atoms with E-state index in [0.29, 0.717) is 0 Å². The summed E-state index contributed by atoms with van der Waals surface area (Å²) in [5, 5.41) is 3.49. The van der Waals surface area contributed by atoms with Gasteiger partial charge in [-0.1, -0.05) is 20.3 Å². The number of furan rings is 1. The van der Waals surface area contributed by atoms with E-state index in [1.165, 1.54) is 24.9 Å². The molecule has 0 amide bonds. The first-order valence-electron chi connectivity index (χ1n) is 7.49. The normalized spacial score (nSPS) is 12.3. The third kappa shape index (κ3) is 6.26. The fourth-order valence-corrected chi connectivity index (χ4v) is 1.98. The Morgan fingerprint density at radius 2 is 2.00 bits per heavy atom. The zero-order chi connectivity index (χ0) is 14.3. The maximum Gasteiger partial charge on any atom is 0.122 e. The lowest BCUT2D eigenvalue weighted by atomic mass is 10.1. The molecule has 0 fully saturated rings. The Bertz CT molecular complexity index is 352. The summed E-state index contributed by atoms with van der Waals surface area (Å²) in [6.45, 7) is 15.1. The Hall–Kier alpha value is -0.800. The fraction of sp³-hybridized carbons (Fsp3) is 0.750. The van der Waals surface area contributed by atoms with Gasteiger partial charge >= 0.3 is 0 Å². The number of rotatable bonds is 8. The van der Waals surface area contributed by atoms with Crippen LogP contribution in [0.1, 0.15) is 58.8 Å². The number of hydrogen-bond donors (Lipinski definition) is 1. The smallest absolute Gasteiger partial charge is 0.122 e. The van der Waals surface area contributed by atoms with Crippen LogP contribution in [0.3, 0.4) is 0 Å². The first-order chi connectivity index (χ1) is 8.96. The van der Waals surface area contributed by atoms with Crippen molar-refractivity contribution in [3.8, 4) is 0 Å². The molecule has 1 heterocycles. The summed E-state index contributed by atoms with van der Waals surface area (Å²) in [5.74, 6) is 1.07. The van der Waals surface area contributed by atoms with Gasteiger partial charge in [-0.25, -0.2) is 0 Å². The van der Waals surface area contributed by atoms with Gasteiger partial charge in [-0.05, 0) is 46.3 Å². The molecule has 0 spiro atoms. The lowest BCUT2D eigenvalue weighted by Crippen LogP contribution is -2.35. The molecule has 0 saturated heterocycles. The molecule has 0 radical (unpaired) electrons. The van der Waals surface area contributed by atoms with Crippen LogP contribution in [0.15, 0.2) is 16.7 Å². The summed E-state index contributed by atoms with van der Waals surface area (Å²) in [6, 6.07) is 2.11. The van der Waals surface area contributed by atoms with Crippen LogP contribution in [-0.2, 0) is 13.1 Å². The van der Waals surface area contributed by atoms with Crippen LogP contribution in [0.4, 0.5) is 0 Å². The molecule has 1 N–H and O–H groups in total. The second-order valence-corrected chi connectivity index (χ2v) is 6.19. The molecule has 1 aromatic rings. The number of unbranched alkanes of at least 4 members (excludes halogenated alkanes) is 1. The van der Waals surface area contributed by atoms with E-state index in [0.717, 1.165) is 25.4 Å². The van der Waals surface area contributed by atoms with Gasteiger partial charge in [-0.15, -0.1) is 0 Å². The average molecular weight is 266 g/mol. The number of hydrogen-bond acceptors (Lipinski definition) is 3. The summed E-state index contributed by atoms with van der Waals surface area (Å²) < 4.78 is 5.62. The Labute approximate surface area is 118 Å². The Morgan fingerprint density at radius 3 is 2.58 bits per heavy atom. The van der Waals surface area contributed by atoms with E-state index in [9.17, 15) is 0 Å². The molecule has 3 heteroatoms. The van der Waals surface area contributed by atoms with Gasteiger partial charge in [0.1, 0.15) is 5.76 Å². The van der Waals surface area contributed by atoms with Crippen LogP contribution in [0.25, 0.3) is 0 Å². The zero-order valence-corrected chi connectivity index (χ0v) is 13.3. The fourth-order valence-electron chi connectivity index (χ4n) is 1.98. The first-order valence-corrected chi connectivity index (χ1v) is 7.49. The summed E-state index contributed by atoms with van der Waals surface area (Å²) in [6.07, 6.45) is 4.32. The van der Waals surface area contributed by atoms with E-state index >= 15 is 0 Å². The summed E-state index contributed by atoms with van der Waals surface area (Å²) in [7, 11) is 0. The molecule has 0 aromatic carbocycles. The second kappa shape index (κ2) is 7.71. The van der Waals surface area contributed by atoms with Crippen LogP contribution in [0, 0.1) is 0 Å². The standard InChI is InChI=1S/C16H30N2O/c1-6-8-10-18(7-2)13-14-9-11-19-15(14)12-17-16(3,4)5/h9,11,17H,6-8,10,12-13H2,1-5H3. The van der Waals surface area contributed by atoms with Crippen LogP contribution < -0.4 is 5.32 Å². The summed E-state index contributed by atoms with van der Waals surface area (Å²) >= 11 is 0. The van der Waals surface area contributed by atoms with Crippen molar-refractivity contribution in [2.24, 2.45) is 0 Å². The minimum atomic E-state index is 0.122. The summed E-state index contributed by atoms with van der Waals surface area (Å²) in [4.78, 5) is 2.48. The van der Waals surface area contributed by atoms with Gasteiger partial charge in [0, 0.05) is 17.6 Å². The van der Waals surface area contributed by atoms with E-state index in [1.54, 1.807) is 0 Å². The predicted octanol–water partition coefficient (Wildman–Crippen LogP) is 3.79. The molecule has 0 bridgehead atoms. The SMILES string of the molecule is CCCCN(CC)Cc1ccoc1CNC(C)(C)C. The molecule has 19 heavy (non-hydrogen) atoms. The van der Waals surface area contributed by atoms with Gasteiger partial charge in [0.2, 0.25) is 0 Å². The van der Waals surface area contributed by atoms with Crippen molar-refractivity contribution < 1.29 is 4.42 Å². The predicted molar refractivity (Wildman–Crippen MR) is 81.2 cm³/mol. The highest BCUT2D eigenvalue weighted by Crippen LogP contribution is 2.15. The Kier molecular flexibility index (Phi) is 6.59. The van der Waals surface area contributed by atoms with E-state index in [-0.39, 0.29) is 5.54 Å². The highest BCUT2D eigenvalue weighted by Gasteiger charge is 2.14. The van der Waals surface area contributed by atoms with Crippen LogP contribution >= 0.6 is 0 Å². The first kappa shape index (κ1) is 16.3. The van der Waals surface area contributed by atoms with Crippen molar-refractivity contribution in [2.75, 3.05) is 13.1 Å². The second-order valence-electron chi connectivity index (χ2n) is 6.19. The minimum Gasteiger partial charge on any atom is -0.468 e. The van der Waals surface area contributed by atoms with Crippen molar-refractivity contribution in [2.45, 2.75) is 66.1 Å². The molecular formula is C16H30N2O. The molecule has 0 aliphatic heterocycles. The highest BCUT2D eigenvalue weighted by molar-refractivity contribution is 5.17. The minimum absolute atomic E-state index is 0.122. The molecule has 0 unspecified atom stereocenters. The molecule has 0 aliphatic rings. The van der Waals surface area contributed by atoms with Crippen LogP contribution in [0.2, 0.25) is 0 Å². The average Bonchev–Trinajstić information content (AvgIpc) is 2.78. The molecule has 0 saturated carbocycles. The van der Waals surface area contributed by atoms with Crippen molar-refractivity contribution in [3.05, 3.63) is 23.7 Å². The van der Waals surface area contributed by atoms with Gasteiger partial charge in [0.25, 0.3) is 0 Å². The number of nitrogens with zero attached hydrogens (tertiary/aromatic N) is 1. The number of nitrogens with one attached hydrogen (secondary N) is 1. The van der Waals surface area contributed by atoms with E-state index in [1.807, 2.05) is 6.26 Å². The summed E-state index contributed by atoms with van der Waals surface area (Å²) in [5.41, 5.74) is 1.44. The molecule has 3 nitrogen and oxygen atoms in total. The van der Waals surface area contributed by atoms with Gasteiger partial charge in [-0.3, -0.25) is 4.90 Å². The van der Waals surface area contributed by atoms with Gasteiger partial charge in [-0.2, -0.15) is 0 Å². The van der Waals surface area contributed by atoms with Crippen molar-refractivity contribution >= 4 is 0 Å². The quantitative estimate of drug-likeness (QED) is 0.776. The van der Waals surface area contributed by atoms with E-state index < -0.39 is 0 Å². The van der Waals surface area contributed by atoms with Crippen molar-refractivity contribution in [1.29, 1.82) is 0 Å².